The molecule has 7 nitrogen and oxygen atoms in total. The first-order valence-electron chi connectivity index (χ1n) is 11.4. The molecule has 5 aromatic rings. The standard InChI is InChI=1S/C26H24FN7/c27-22-4-3-17(23-2-1-7-30-23)18-11-24(31-13-21(18)22)19-10-16(12-32-26(19)28)20-14-33-34-25(20)15-5-8-29-9-6-15/h1-4,7,10-15,29-30H,5-6,8-9H2,(H2,28,32)(H,33,34). The van der Waals surface area contributed by atoms with Gasteiger partial charge in [-0.15, -0.1) is 0 Å². The van der Waals surface area contributed by atoms with Crippen molar-refractivity contribution in [2.45, 2.75) is 18.8 Å². The molecule has 0 bridgehead atoms. The molecule has 0 atom stereocenters. The summed E-state index contributed by atoms with van der Waals surface area (Å²) >= 11 is 0. The van der Waals surface area contributed by atoms with E-state index in [2.05, 4.69) is 30.5 Å². The van der Waals surface area contributed by atoms with Gasteiger partial charge < -0.3 is 16.0 Å². The largest absolute Gasteiger partial charge is 0.383 e. The van der Waals surface area contributed by atoms with Gasteiger partial charge in [-0.05, 0) is 67.7 Å². The SMILES string of the molecule is Nc1ncc(-c2c[nH]nc2C2CCNCC2)cc1-c1cc2c(-c3ccc[nH]3)ccc(F)c2cn1. The molecule has 170 valence electrons. The molecule has 5 heterocycles. The van der Waals surface area contributed by atoms with Crippen LogP contribution in [0.25, 0.3) is 44.4 Å². The highest BCUT2D eigenvalue weighted by Gasteiger charge is 2.22. The zero-order chi connectivity index (χ0) is 23.1. The van der Waals surface area contributed by atoms with Crippen molar-refractivity contribution in [1.82, 2.24) is 30.5 Å². The number of pyridine rings is 2. The third-order valence-electron chi connectivity index (χ3n) is 6.64. The van der Waals surface area contributed by atoms with Crippen LogP contribution in [0.15, 0.2) is 61.2 Å². The monoisotopic (exact) mass is 453 g/mol. The first kappa shape index (κ1) is 20.6. The van der Waals surface area contributed by atoms with Crippen molar-refractivity contribution < 1.29 is 4.39 Å². The lowest BCUT2D eigenvalue weighted by molar-refractivity contribution is 0.453. The minimum atomic E-state index is -0.311. The lowest BCUT2D eigenvalue weighted by Crippen LogP contribution is -2.27. The van der Waals surface area contributed by atoms with Crippen molar-refractivity contribution >= 4 is 16.6 Å². The Kier molecular flexibility index (Phi) is 5.07. The van der Waals surface area contributed by atoms with Crippen molar-refractivity contribution in [2.24, 2.45) is 0 Å². The summed E-state index contributed by atoms with van der Waals surface area (Å²) in [6, 6.07) is 11.0. The van der Waals surface area contributed by atoms with Gasteiger partial charge in [0.05, 0.1) is 11.4 Å². The van der Waals surface area contributed by atoms with Crippen LogP contribution in [0.2, 0.25) is 0 Å². The molecule has 0 radical (unpaired) electrons. The fourth-order valence-corrected chi connectivity index (χ4v) is 4.85. The topological polar surface area (TPSA) is 108 Å². The highest BCUT2D eigenvalue weighted by Crippen LogP contribution is 2.37. The fourth-order valence-electron chi connectivity index (χ4n) is 4.85. The number of nitrogens with two attached hydrogens (primary N) is 1. The fraction of sp³-hybridized carbons (Fsp3) is 0.192. The number of nitrogen functional groups attached to an aromatic ring is 1. The first-order chi connectivity index (χ1) is 16.7. The summed E-state index contributed by atoms with van der Waals surface area (Å²) in [6.45, 7) is 1.98. The predicted octanol–water partition coefficient (Wildman–Crippen LogP) is 4.87. The van der Waals surface area contributed by atoms with E-state index in [0.717, 1.165) is 59.4 Å². The van der Waals surface area contributed by atoms with E-state index in [0.29, 0.717) is 28.4 Å². The van der Waals surface area contributed by atoms with E-state index in [9.17, 15) is 4.39 Å². The minimum Gasteiger partial charge on any atom is -0.383 e. The Bertz CT molecular complexity index is 1470. The number of anilines is 1. The smallest absolute Gasteiger partial charge is 0.132 e. The van der Waals surface area contributed by atoms with Gasteiger partial charge in [0.15, 0.2) is 0 Å². The van der Waals surface area contributed by atoms with Gasteiger partial charge in [0, 0.05) is 64.0 Å². The number of aromatic amines is 2. The van der Waals surface area contributed by atoms with Crippen LogP contribution in [0.5, 0.6) is 0 Å². The Morgan fingerprint density at radius 2 is 1.82 bits per heavy atom. The molecule has 1 aliphatic heterocycles. The third kappa shape index (κ3) is 3.52. The zero-order valence-corrected chi connectivity index (χ0v) is 18.5. The second-order valence-corrected chi connectivity index (χ2v) is 8.66. The Morgan fingerprint density at radius 1 is 0.941 bits per heavy atom. The lowest BCUT2D eigenvalue weighted by Gasteiger charge is -2.22. The number of piperidine rings is 1. The average molecular weight is 454 g/mol. The maximum absolute atomic E-state index is 14.6. The molecule has 34 heavy (non-hydrogen) atoms. The van der Waals surface area contributed by atoms with E-state index in [1.807, 2.05) is 36.7 Å². The van der Waals surface area contributed by atoms with Gasteiger partial charge in [-0.1, -0.05) is 0 Å². The molecule has 0 saturated carbocycles. The Balaban J connectivity index is 1.46. The van der Waals surface area contributed by atoms with Crippen LogP contribution < -0.4 is 11.1 Å². The van der Waals surface area contributed by atoms with Crippen LogP contribution >= 0.6 is 0 Å². The number of aromatic nitrogens is 5. The molecule has 0 amide bonds. The number of benzene rings is 1. The number of rotatable bonds is 4. The summed E-state index contributed by atoms with van der Waals surface area (Å²) in [6.07, 6.45) is 9.21. The van der Waals surface area contributed by atoms with E-state index < -0.39 is 0 Å². The number of hydrogen-bond donors (Lipinski definition) is 4. The normalized spacial score (nSPS) is 14.6. The number of fused-ring (bicyclic) bond motifs is 1. The summed E-state index contributed by atoms with van der Waals surface area (Å²) < 4.78 is 14.6. The second kappa shape index (κ2) is 8.39. The lowest BCUT2D eigenvalue weighted by atomic mass is 9.90. The van der Waals surface area contributed by atoms with Gasteiger partial charge >= 0.3 is 0 Å². The summed E-state index contributed by atoms with van der Waals surface area (Å²) in [5.74, 6) is 0.461. The summed E-state index contributed by atoms with van der Waals surface area (Å²) in [7, 11) is 0. The molecule has 5 N–H and O–H groups in total. The molecule has 0 spiro atoms. The van der Waals surface area contributed by atoms with Gasteiger partial charge in [-0.2, -0.15) is 5.10 Å². The summed E-state index contributed by atoms with van der Waals surface area (Å²) in [5, 5.41) is 12.2. The number of halogens is 1. The minimum absolute atomic E-state index is 0.311. The van der Waals surface area contributed by atoms with E-state index >= 15 is 0 Å². The van der Waals surface area contributed by atoms with Crippen molar-refractivity contribution in [1.29, 1.82) is 0 Å². The molecule has 0 unspecified atom stereocenters. The molecular weight excluding hydrogens is 429 g/mol. The van der Waals surface area contributed by atoms with E-state index in [1.54, 1.807) is 18.5 Å². The zero-order valence-electron chi connectivity index (χ0n) is 18.5. The third-order valence-corrected chi connectivity index (χ3v) is 6.64. The Labute approximate surface area is 195 Å². The number of nitrogens with zero attached hydrogens (tertiary/aromatic N) is 3. The molecular formula is C26H24FN7. The van der Waals surface area contributed by atoms with E-state index in [4.69, 9.17) is 5.73 Å². The maximum atomic E-state index is 14.6. The Hall–Kier alpha value is -4.04. The van der Waals surface area contributed by atoms with Gasteiger partial charge in [0.1, 0.15) is 11.6 Å². The van der Waals surface area contributed by atoms with Gasteiger partial charge in [0.25, 0.3) is 0 Å². The molecule has 1 aromatic carbocycles. The van der Waals surface area contributed by atoms with Crippen LogP contribution in [0.3, 0.4) is 0 Å². The van der Waals surface area contributed by atoms with Crippen LogP contribution in [0, 0.1) is 5.82 Å². The molecule has 6 rings (SSSR count). The molecule has 8 heteroatoms. The van der Waals surface area contributed by atoms with Crippen molar-refractivity contribution in [3.63, 3.8) is 0 Å². The predicted molar refractivity (Wildman–Crippen MR) is 132 cm³/mol. The quantitative estimate of drug-likeness (QED) is 0.310. The molecule has 0 aliphatic carbocycles. The van der Waals surface area contributed by atoms with Crippen LogP contribution in [-0.4, -0.2) is 38.2 Å². The molecule has 1 saturated heterocycles. The van der Waals surface area contributed by atoms with Crippen molar-refractivity contribution in [2.75, 3.05) is 18.8 Å². The summed E-state index contributed by atoms with van der Waals surface area (Å²) in [5.41, 5.74) is 12.5. The highest BCUT2D eigenvalue weighted by atomic mass is 19.1. The number of H-pyrrole nitrogens is 2. The number of hydrogen-bond acceptors (Lipinski definition) is 5. The number of nitrogens with one attached hydrogen (secondary N) is 3. The van der Waals surface area contributed by atoms with Crippen LogP contribution in [-0.2, 0) is 0 Å². The van der Waals surface area contributed by atoms with Gasteiger partial charge in [-0.3, -0.25) is 10.1 Å². The van der Waals surface area contributed by atoms with Crippen molar-refractivity contribution in [3.8, 4) is 33.6 Å². The average Bonchev–Trinajstić information content (AvgIpc) is 3.58. The van der Waals surface area contributed by atoms with E-state index in [1.165, 1.54) is 6.07 Å². The van der Waals surface area contributed by atoms with Gasteiger partial charge in [-0.25, -0.2) is 9.37 Å². The Morgan fingerprint density at radius 3 is 2.65 bits per heavy atom. The van der Waals surface area contributed by atoms with Gasteiger partial charge in [0.2, 0.25) is 0 Å². The van der Waals surface area contributed by atoms with E-state index in [-0.39, 0.29) is 5.82 Å². The summed E-state index contributed by atoms with van der Waals surface area (Å²) in [4.78, 5) is 12.2. The van der Waals surface area contributed by atoms with Crippen LogP contribution in [0.4, 0.5) is 10.2 Å². The first-order valence-corrected chi connectivity index (χ1v) is 11.4. The molecule has 1 fully saturated rings. The second-order valence-electron chi connectivity index (χ2n) is 8.66. The molecule has 4 aromatic heterocycles. The maximum Gasteiger partial charge on any atom is 0.132 e. The highest BCUT2D eigenvalue weighted by molar-refractivity contribution is 5.98. The van der Waals surface area contributed by atoms with Crippen LogP contribution in [0.1, 0.15) is 24.5 Å². The molecule has 1 aliphatic rings. The van der Waals surface area contributed by atoms with Crippen molar-refractivity contribution in [3.05, 3.63) is 72.7 Å².